The quantitative estimate of drug-likeness (QED) is 0.835. The Kier molecular flexibility index (Phi) is 3.17. The molecule has 0 radical (unpaired) electrons. The molecule has 1 aromatic carbocycles. The smallest absolute Gasteiger partial charge is 0.0236 e. The maximum absolute atomic E-state index is 3.50. The van der Waals surface area contributed by atoms with E-state index in [2.05, 4.69) is 41.4 Å². The van der Waals surface area contributed by atoms with E-state index in [9.17, 15) is 0 Å². The molecule has 2 nitrogen and oxygen atoms in total. The average Bonchev–Trinajstić information content (AvgIpc) is 2.75. The van der Waals surface area contributed by atoms with Crippen LogP contribution in [0.5, 0.6) is 0 Å². The van der Waals surface area contributed by atoms with Gasteiger partial charge in [0.15, 0.2) is 0 Å². The van der Waals surface area contributed by atoms with E-state index in [0.717, 1.165) is 18.4 Å². The van der Waals surface area contributed by atoms with Crippen LogP contribution in [0.1, 0.15) is 18.1 Å². The summed E-state index contributed by atoms with van der Waals surface area (Å²) >= 11 is 0. The number of nitrogens with zero attached hydrogens (tertiary/aromatic N) is 1. The number of nitrogens with one attached hydrogen (secondary N) is 1. The first-order valence-corrected chi connectivity index (χ1v) is 6.83. The highest BCUT2D eigenvalue weighted by Crippen LogP contribution is 2.22. The van der Waals surface area contributed by atoms with Gasteiger partial charge >= 0.3 is 0 Å². The molecule has 1 N–H and O–H groups in total. The minimum absolute atomic E-state index is 0.840. The molecule has 0 aromatic heterocycles. The van der Waals surface area contributed by atoms with Crippen LogP contribution in [0, 0.1) is 11.8 Å². The predicted octanol–water partition coefficient (Wildman–Crippen LogP) is 1.90. The van der Waals surface area contributed by atoms with Crippen LogP contribution in [0.4, 0.5) is 0 Å². The number of hydrogen-bond acceptors (Lipinski definition) is 2. The molecule has 2 aliphatic heterocycles. The first-order valence-electron chi connectivity index (χ1n) is 6.83. The summed E-state index contributed by atoms with van der Waals surface area (Å²) in [6, 6.07) is 8.91. The third-order valence-electron chi connectivity index (χ3n) is 4.38. The van der Waals surface area contributed by atoms with Crippen LogP contribution in [0.15, 0.2) is 24.3 Å². The van der Waals surface area contributed by atoms with Crippen LogP contribution in [-0.4, -0.2) is 31.1 Å². The molecule has 17 heavy (non-hydrogen) atoms. The summed E-state index contributed by atoms with van der Waals surface area (Å²) in [7, 11) is 0. The number of hydrogen-bond donors (Lipinski definition) is 1. The molecular formula is C15H22N2. The molecule has 1 aromatic rings. The third kappa shape index (κ3) is 2.38. The Labute approximate surface area is 104 Å². The average molecular weight is 230 g/mol. The van der Waals surface area contributed by atoms with Gasteiger partial charge in [0.25, 0.3) is 0 Å². The zero-order valence-corrected chi connectivity index (χ0v) is 10.7. The van der Waals surface area contributed by atoms with E-state index in [0.29, 0.717) is 0 Å². The summed E-state index contributed by atoms with van der Waals surface area (Å²) < 4.78 is 0. The molecule has 2 heterocycles. The highest BCUT2D eigenvalue weighted by atomic mass is 15.1. The molecule has 0 aliphatic carbocycles. The van der Waals surface area contributed by atoms with Crippen molar-refractivity contribution < 1.29 is 0 Å². The summed E-state index contributed by atoms with van der Waals surface area (Å²) in [5.74, 6) is 1.69. The minimum atomic E-state index is 0.840. The first-order chi connectivity index (χ1) is 8.33. The highest BCUT2D eigenvalue weighted by Gasteiger charge is 2.26. The largest absolute Gasteiger partial charge is 0.316 e. The second kappa shape index (κ2) is 4.79. The van der Waals surface area contributed by atoms with Crippen molar-refractivity contribution in [2.24, 2.45) is 11.8 Å². The fourth-order valence-electron chi connectivity index (χ4n) is 3.15. The molecule has 92 valence electrons. The zero-order chi connectivity index (χ0) is 11.7. The van der Waals surface area contributed by atoms with E-state index in [1.807, 2.05) is 0 Å². The summed E-state index contributed by atoms with van der Waals surface area (Å²) in [6.45, 7) is 8.44. The fourth-order valence-corrected chi connectivity index (χ4v) is 3.15. The van der Waals surface area contributed by atoms with Crippen molar-refractivity contribution in [2.45, 2.75) is 19.9 Å². The lowest BCUT2D eigenvalue weighted by Gasteiger charge is -2.31. The SMILES string of the molecule is C[C@@H]1CNC[C@H]1CN1CCc2ccccc2C1. The Balaban J connectivity index is 1.64. The molecule has 2 heteroatoms. The van der Waals surface area contributed by atoms with Crippen molar-refractivity contribution in [1.29, 1.82) is 0 Å². The lowest BCUT2D eigenvalue weighted by Crippen LogP contribution is -2.36. The van der Waals surface area contributed by atoms with Gasteiger partial charge in [-0.2, -0.15) is 0 Å². The van der Waals surface area contributed by atoms with Gasteiger partial charge in [-0.3, -0.25) is 4.90 Å². The maximum atomic E-state index is 3.50. The summed E-state index contributed by atoms with van der Waals surface area (Å²) in [5, 5.41) is 3.50. The zero-order valence-electron chi connectivity index (χ0n) is 10.7. The van der Waals surface area contributed by atoms with E-state index in [4.69, 9.17) is 0 Å². The van der Waals surface area contributed by atoms with E-state index in [1.54, 1.807) is 5.56 Å². The lowest BCUT2D eigenvalue weighted by molar-refractivity contribution is 0.202. The van der Waals surface area contributed by atoms with E-state index >= 15 is 0 Å². The van der Waals surface area contributed by atoms with E-state index < -0.39 is 0 Å². The third-order valence-corrected chi connectivity index (χ3v) is 4.38. The normalized spacial score (nSPS) is 29.2. The Morgan fingerprint density at radius 2 is 2.06 bits per heavy atom. The fraction of sp³-hybridized carbons (Fsp3) is 0.600. The van der Waals surface area contributed by atoms with Gasteiger partial charge in [-0.1, -0.05) is 31.2 Å². The van der Waals surface area contributed by atoms with Crippen LogP contribution in [0.25, 0.3) is 0 Å². The molecule has 3 rings (SSSR count). The Hall–Kier alpha value is -0.860. The van der Waals surface area contributed by atoms with Gasteiger partial charge in [-0.15, -0.1) is 0 Å². The second-order valence-corrected chi connectivity index (χ2v) is 5.65. The molecule has 0 amide bonds. The Bertz CT molecular complexity index is 388. The van der Waals surface area contributed by atoms with Gasteiger partial charge in [0.05, 0.1) is 0 Å². The van der Waals surface area contributed by atoms with Gasteiger partial charge in [-0.25, -0.2) is 0 Å². The molecule has 1 saturated heterocycles. The molecule has 0 unspecified atom stereocenters. The molecular weight excluding hydrogens is 208 g/mol. The first kappa shape index (κ1) is 11.2. The van der Waals surface area contributed by atoms with Gasteiger partial charge in [0.2, 0.25) is 0 Å². The molecule has 0 bridgehead atoms. The Morgan fingerprint density at radius 1 is 1.24 bits per heavy atom. The van der Waals surface area contributed by atoms with Crippen molar-refractivity contribution in [1.82, 2.24) is 10.2 Å². The number of rotatable bonds is 2. The standard InChI is InChI=1S/C15H22N2/c1-12-8-16-9-15(12)11-17-7-6-13-4-2-3-5-14(13)10-17/h2-5,12,15-16H,6-11H2,1H3/t12-,15+/m1/s1. The van der Waals surface area contributed by atoms with Crippen LogP contribution in [-0.2, 0) is 13.0 Å². The van der Waals surface area contributed by atoms with Crippen molar-refractivity contribution in [2.75, 3.05) is 26.2 Å². The molecule has 1 fully saturated rings. The molecule has 0 spiro atoms. The minimum Gasteiger partial charge on any atom is -0.316 e. The van der Waals surface area contributed by atoms with Crippen molar-refractivity contribution >= 4 is 0 Å². The van der Waals surface area contributed by atoms with Gasteiger partial charge in [-0.05, 0) is 42.5 Å². The summed E-state index contributed by atoms with van der Waals surface area (Å²) in [6.07, 6.45) is 1.23. The number of benzene rings is 1. The van der Waals surface area contributed by atoms with Crippen LogP contribution in [0.3, 0.4) is 0 Å². The second-order valence-electron chi connectivity index (χ2n) is 5.65. The van der Waals surface area contributed by atoms with Gasteiger partial charge < -0.3 is 5.32 Å². The van der Waals surface area contributed by atoms with E-state index in [1.165, 1.54) is 38.2 Å². The van der Waals surface area contributed by atoms with E-state index in [-0.39, 0.29) is 0 Å². The van der Waals surface area contributed by atoms with Crippen molar-refractivity contribution in [3.63, 3.8) is 0 Å². The number of fused-ring (bicyclic) bond motifs is 1. The monoisotopic (exact) mass is 230 g/mol. The Morgan fingerprint density at radius 3 is 2.82 bits per heavy atom. The van der Waals surface area contributed by atoms with Crippen LogP contribution in [0.2, 0.25) is 0 Å². The highest BCUT2D eigenvalue weighted by molar-refractivity contribution is 5.29. The van der Waals surface area contributed by atoms with Crippen molar-refractivity contribution in [3.8, 4) is 0 Å². The maximum Gasteiger partial charge on any atom is 0.0236 e. The predicted molar refractivity (Wildman–Crippen MR) is 70.9 cm³/mol. The summed E-state index contributed by atoms with van der Waals surface area (Å²) in [4.78, 5) is 2.64. The van der Waals surface area contributed by atoms with Crippen LogP contribution >= 0.6 is 0 Å². The molecule has 2 atom stereocenters. The summed E-state index contributed by atoms with van der Waals surface area (Å²) in [5.41, 5.74) is 3.10. The molecule has 0 saturated carbocycles. The van der Waals surface area contributed by atoms with Crippen molar-refractivity contribution in [3.05, 3.63) is 35.4 Å². The molecule has 2 aliphatic rings. The lowest BCUT2D eigenvalue weighted by atomic mass is 9.95. The van der Waals surface area contributed by atoms with Gasteiger partial charge in [0, 0.05) is 19.6 Å². The van der Waals surface area contributed by atoms with Gasteiger partial charge in [0.1, 0.15) is 0 Å². The topological polar surface area (TPSA) is 15.3 Å². The van der Waals surface area contributed by atoms with Crippen LogP contribution < -0.4 is 5.32 Å².